The van der Waals surface area contributed by atoms with Crippen LogP contribution in [0.25, 0.3) is 0 Å². The number of sulfonamides is 1. The average Bonchev–Trinajstić information content (AvgIpc) is 2.14. The van der Waals surface area contributed by atoms with Gasteiger partial charge in [-0.1, -0.05) is 0 Å². The van der Waals surface area contributed by atoms with E-state index >= 15 is 0 Å². The van der Waals surface area contributed by atoms with Gasteiger partial charge < -0.3 is 10.5 Å². The summed E-state index contributed by atoms with van der Waals surface area (Å²) < 4.78 is 39.9. The van der Waals surface area contributed by atoms with E-state index in [1.54, 1.807) is 0 Å². The first kappa shape index (κ1) is 11.9. The van der Waals surface area contributed by atoms with Crippen LogP contribution in [0.3, 0.4) is 0 Å². The Balaban J connectivity index is 2.99. The van der Waals surface area contributed by atoms with Crippen LogP contribution in [0.1, 0.15) is 0 Å². The highest BCUT2D eigenvalue weighted by atomic mass is 32.2. The molecular formula is C8H11FN2O3S. The monoisotopic (exact) mass is 234 g/mol. The van der Waals surface area contributed by atoms with Crippen LogP contribution in [-0.2, 0) is 10.0 Å². The van der Waals surface area contributed by atoms with Crippen LogP contribution in [0, 0.1) is 5.82 Å². The lowest BCUT2D eigenvalue weighted by Crippen LogP contribution is -2.14. The summed E-state index contributed by atoms with van der Waals surface area (Å²) in [4.78, 5) is -0.292. The number of benzene rings is 1. The number of ether oxygens (including phenoxy) is 1. The minimum absolute atomic E-state index is 0.0483. The van der Waals surface area contributed by atoms with Gasteiger partial charge in [-0.05, 0) is 18.2 Å². The molecule has 0 amide bonds. The smallest absolute Gasteiger partial charge is 0.238 e. The molecule has 0 saturated carbocycles. The van der Waals surface area contributed by atoms with Gasteiger partial charge in [0, 0.05) is 6.54 Å². The molecule has 0 radical (unpaired) electrons. The Kier molecular flexibility index (Phi) is 3.61. The Labute approximate surface area is 86.9 Å². The Morgan fingerprint density at radius 2 is 2.07 bits per heavy atom. The molecular weight excluding hydrogens is 223 g/mol. The molecule has 1 rings (SSSR count). The molecule has 5 nitrogen and oxygen atoms in total. The van der Waals surface area contributed by atoms with Crippen molar-refractivity contribution in [3.05, 3.63) is 24.0 Å². The Morgan fingerprint density at radius 3 is 2.53 bits per heavy atom. The highest BCUT2D eigenvalue weighted by Crippen LogP contribution is 2.19. The van der Waals surface area contributed by atoms with Gasteiger partial charge in [0.05, 0.1) is 4.90 Å². The normalized spacial score (nSPS) is 11.4. The molecule has 0 aliphatic carbocycles. The molecule has 7 heteroatoms. The van der Waals surface area contributed by atoms with Crippen molar-refractivity contribution >= 4 is 10.0 Å². The molecule has 84 valence electrons. The van der Waals surface area contributed by atoms with Crippen molar-refractivity contribution in [2.75, 3.05) is 13.2 Å². The van der Waals surface area contributed by atoms with Gasteiger partial charge in [0.25, 0.3) is 0 Å². The fourth-order valence-corrected chi connectivity index (χ4v) is 1.47. The van der Waals surface area contributed by atoms with E-state index in [0.717, 1.165) is 6.07 Å². The summed E-state index contributed by atoms with van der Waals surface area (Å²) in [5.74, 6) is -0.831. The first-order valence-corrected chi connectivity index (χ1v) is 5.65. The summed E-state index contributed by atoms with van der Waals surface area (Å²) in [5, 5.41) is 4.82. The van der Waals surface area contributed by atoms with Crippen LogP contribution in [0.15, 0.2) is 23.1 Å². The van der Waals surface area contributed by atoms with E-state index in [1.807, 2.05) is 0 Å². The third-order valence-corrected chi connectivity index (χ3v) is 2.52. The molecule has 0 aromatic heterocycles. The Bertz CT molecular complexity index is 447. The molecule has 0 aliphatic rings. The van der Waals surface area contributed by atoms with E-state index < -0.39 is 15.8 Å². The third-order valence-electron chi connectivity index (χ3n) is 1.61. The lowest BCUT2D eigenvalue weighted by Gasteiger charge is -2.06. The molecule has 0 spiro atoms. The molecule has 4 N–H and O–H groups in total. The maximum atomic E-state index is 13.2. The molecule has 0 fully saturated rings. The van der Waals surface area contributed by atoms with Crippen molar-refractivity contribution in [2.45, 2.75) is 4.90 Å². The van der Waals surface area contributed by atoms with Gasteiger partial charge in [0.1, 0.15) is 6.61 Å². The highest BCUT2D eigenvalue weighted by Gasteiger charge is 2.11. The Hall–Kier alpha value is -1.18. The van der Waals surface area contributed by atoms with E-state index in [2.05, 4.69) is 0 Å². The molecule has 0 atom stereocenters. The van der Waals surface area contributed by atoms with Gasteiger partial charge in [0.2, 0.25) is 10.0 Å². The van der Waals surface area contributed by atoms with Gasteiger partial charge >= 0.3 is 0 Å². The second-order valence-electron chi connectivity index (χ2n) is 2.77. The Morgan fingerprint density at radius 1 is 1.40 bits per heavy atom. The van der Waals surface area contributed by atoms with Crippen LogP contribution in [0.4, 0.5) is 4.39 Å². The van der Waals surface area contributed by atoms with Gasteiger partial charge in [-0.2, -0.15) is 0 Å². The first-order chi connectivity index (χ1) is 6.95. The van der Waals surface area contributed by atoms with Crippen LogP contribution in [-0.4, -0.2) is 21.6 Å². The number of primary sulfonamides is 1. The SMILES string of the molecule is NCCOc1ccc(S(N)(=O)=O)cc1F. The van der Waals surface area contributed by atoms with Crippen LogP contribution in [0.2, 0.25) is 0 Å². The predicted octanol–water partition coefficient (Wildman–Crippen LogP) is -0.189. The van der Waals surface area contributed by atoms with Crippen LogP contribution < -0.4 is 15.6 Å². The average molecular weight is 234 g/mol. The zero-order valence-electron chi connectivity index (χ0n) is 7.81. The zero-order chi connectivity index (χ0) is 11.5. The zero-order valence-corrected chi connectivity index (χ0v) is 8.63. The van der Waals surface area contributed by atoms with Crippen molar-refractivity contribution in [2.24, 2.45) is 10.9 Å². The summed E-state index contributed by atoms with van der Waals surface area (Å²) in [7, 11) is -3.88. The van der Waals surface area contributed by atoms with Crippen molar-refractivity contribution in [3.8, 4) is 5.75 Å². The van der Waals surface area contributed by atoms with Gasteiger partial charge in [-0.25, -0.2) is 17.9 Å². The van der Waals surface area contributed by atoms with Crippen LogP contribution in [0.5, 0.6) is 5.75 Å². The molecule has 1 aromatic carbocycles. The summed E-state index contributed by atoms with van der Waals surface area (Å²) in [5.41, 5.74) is 5.16. The topological polar surface area (TPSA) is 95.4 Å². The molecule has 0 bridgehead atoms. The lowest BCUT2D eigenvalue weighted by atomic mass is 10.3. The molecule has 0 unspecified atom stereocenters. The van der Waals surface area contributed by atoms with Crippen molar-refractivity contribution in [1.29, 1.82) is 0 Å². The van der Waals surface area contributed by atoms with E-state index in [4.69, 9.17) is 15.6 Å². The first-order valence-electron chi connectivity index (χ1n) is 4.10. The number of rotatable bonds is 4. The number of hydrogen-bond donors (Lipinski definition) is 2. The quantitative estimate of drug-likeness (QED) is 0.754. The van der Waals surface area contributed by atoms with Gasteiger partial charge in [-0.3, -0.25) is 0 Å². The fourth-order valence-electron chi connectivity index (χ4n) is 0.944. The second-order valence-corrected chi connectivity index (χ2v) is 4.34. The minimum atomic E-state index is -3.88. The van der Waals surface area contributed by atoms with Gasteiger partial charge in [0.15, 0.2) is 11.6 Å². The van der Waals surface area contributed by atoms with E-state index in [0.29, 0.717) is 0 Å². The third kappa shape index (κ3) is 3.15. The number of nitrogens with two attached hydrogens (primary N) is 2. The standard InChI is InChI=1S/C8H11FN2O3S/c9-7-5-6(15(11,12)13)1-2-8(7)14-4-3-10/h1-2,5H,3-4,10H2,(H2,11,12,13). The summed E-state index contributed by atoms with van der Waals surface area (Å²) >= 11 is 0. The summed E-state index contributed by atoms with van der Waals surface area (Å²) in [6.45, 7) is 0.405. The van der Waals surface area contributed by atoms with Gasteiger partial charge in [-0.15, -0.1) is 0 Å². The lowest BCUT2D eigenvalue weighted by molar-refractivity contribution is 0.310. The second kappa shape index (κ2) is 4.56. The van der Waals surface area contributed by atoms with E-state index in [-0.39, 0.29) is 23.8 Å². The molecule has 0 heterocycles. The molecule has 15 heavy (non-hydrogen) atoms. The van der Waals surface area contributed by atoms with Crippen molar-refractivity contribution in [1.82, 2.24) is 0 Å². The highest BCUT2D eigenvalue weighted by molar-refractivity contribution is 7.89. The predicted molar refractivity (Wildman–Crippen MR) is 52.3 cm³/mol. The maximum Gasteiger partial charge on any atom is 0.238 e. The molecule has 0 aliphatic heterocycles. The van der Waals surface area contributed by atoms with Crippen molar-refractivity contribution < 1.29 is 17.5 Å². The van der Waals surface area contributed by atoms with Crippen molar-refractivity contribution in [3.63, 3.8) is 0 Å². The summed E-state index contributed by atoms with van der Waals surface area (Å²) in [6, 6.07) is 3.18. The molecule has 1 aromatic rings. The minimum Gasteiger partial charge on any atom is -0.489 e. The maximum absolute atomic E-state index is 13.2. The largest absolute Gasteiger partial charge is 0.489 e. The van der Waals surface area contributed by atoms with Crippen LogP contribution >= 0.6 is 0 Å². The fraction of sp³-hybridized carbons (Fsp3) is 0.250. The number of halogens is 1. The summed E-state index contributed by atoms with van der Waals surface area (Å²) in [6.07, 6.45) is 0. The van der Waals surface area contributed by atoms with E-state index in [1.165, 1.54) is 12.1 Å². The molecule has 0 saturated heterocycles. The number of hydrogen-bond acceptors (Lipinski definition) is 4. The van der Waals surface area contributed by atoms with E-state index in [9.17, 15) is 12.8 Å².